The van der Waals surface area contributed by atoms with Gasteiger partial charge in [0.15, 0.2) is 0 Å². The molecule has 0 saturated carbocycles. The Morgan fingerprint density at radius 3 is 2.12 bits per heavy atom. The summed E-state index contributed by atoms with van der Waals surface area (Å²) in [7, 11) is 0. The Labute approximate surface area is 151 Å². The lowest BCUT2D eigenvalue weighted by Crippen LogP contribution is -2.34. The zero-order valence-electron chi connectivity index (χ0n) is 13.6. The maximum atomic E-state index is 13.2. The number of carbonyl (C=O) groups excluding carboxylic acids is 2. The van der Waals surface area contributed by atoms with Crippen LogP contribution in [0, 0.1) is 0 Å². The SMILES string of the molecule is O=C1C(c2ccccc2)=C(N2CCCC2)C(=O)N1c1ccccc1Cl. The number of nitrogens with zero attached hydrogens (tertiary/aromatic N) is 2. The molecule has 2 aromatic carbocycles. The van der Waals surface area contributed by atoms with Gasteiger partial charge in [0, 0.05) is 13.1 Å². The van der Waals surface area contributed by atoms with Crippen molar-refractivity contribution in [1.29, 1.82) is 0 Å². The number of likely N-dealkylation sites (tertiary alicyclic amines) is 1. The highest BCUT2D eigenvalue weighted by Crippen LogP contribution is 2.38. The van der Waals surface area contributed by atoms with Gasteiger partial charge in [-0.3, -0.25) is 9.59 Å². The van der Waals surface area contributed by atoms with Gasteiger partial charge in [0.25, 0.3) is 11.8 Å². The zero-order chi connectivity index (χ0) is 17.4. The number of para-hydroxylation sites is 1. The molecule has 0 unspecified atom stereocenters. The highest BCUT2D eigenvalue weighted by Gasteiger charge is 2.43. The number of hydrogen-bond acceptors (Lipinski definition) is 3. The van der Waals surface area contributed by atoms with Crippen LogP contribution in [-0.4, -0.2) is 29.8 Å². The molecule has 0 atom stereocenters. The first kappa shape index (κ1) is 15.9. The van der Waals surface area contributed by atoms with Crippen molar-refractivity contribution in [2.24, 2.45) is 0 Å². The van der Waals surface area contributed by atoms with E-state index in [1.807, 2.05) is 35.2 Å². The molecular weight excluding hydrogens is 336 g/mol. The van der Waals surface area contributed by atoms with Gasteiger partial charge >= 0.3 is 0 Å². The molecule has 0 aromatic heterocycles. The zero-order valence-corrected chi connectivity index (χ0v) is 14.4. The van der Waals surface area contributed by atoms with E-state index >= 15 is 0 Å². The summed E-state index contributed by atoms with van der Waals surface area (Å²) in [6, 6.07) is 16.3. The van der Waals surface area contributed by atoms with Crippen molar-refractivity contribution in [3.8, 4) is 0 Å². The third kappa shape index (κ3) is 2.63. The number of anilines is 1. The third-order valence-corrected chi connectivity index (χ3v) is 4.96. The van der Waals surface area contributed by atoms with Gasteiger partial charge < -0.3 is 4.90 Å². The number of rotatable bonds is 3. The van der Waals surface area contributed by atoms with Gasteiger partial charge in [0.05, 0.1) is 16.3 Å². The number of carbonyl (C=O) groups is 2. The van der Waals surface area contributed by atoms with Crippen LogP contribution in [0.2, 0.25) is 5.02 Å². The van der Waals surface area contributed by atoms with E-state index in [0.717, 1.165) is 31.5 Å². The average molecular weight is 353 g/mol. The molecule has 5 heteroatoms. The van der Waals surface area contributed by atoms with Gasteiger partial charge in [-0.15, -0.1) is 0 Å². The van der Waals surface area contributed by atoms with Crippen LogP contribution in [0.4, 0.5) is 5.69 Å². The monoisotopic (exact) mass is 352 g/mol. The van der Waals surface area contributed by atoms with Gasteiger partial charge in [0.2, 0.25) is 0 Å². The van der Waals surface area contributed by atoms with Crippen LogP contribution in [0.3, 0.4) is 0 Å². The molecule has 4 rings (SSSR count). The predicted molar refractivity (Wildman–Crippen MR) is 98.1 cm³/mol. The molecule has 126 valence electrons. The number of imide groups is 1. The Balaban J connectivity index is 1.86. The van der Waals surface area contributed by atoms with Crippen LogP contribution < -0.4 is 4.90 Å². The molecule has 2 heterocycles. The fourth-order valence-electron chi connectivity index (χ4n) is 3.47. The molecule has 0 spiro atoms. The summed E-state index contributed by atoms with van der Waals surface area (Å²) in [6.45, 7) is 1.59. The van der Waals surface area contributed by atoms with E-state index in [1.54, 1.807) is 24.3 Å². The molecule has 0 bridgehead atoms. The molecule has 0 aliphatic carbocycles. The first-order valence-electron chi connectivity index (χ1n) is 8.36. The van der Waals surface area contributed by atoms with E-state index in [2.05, 4.69) is 0 Å². The standard InChI is InChI=1S/C20H17ClN2O2/c21-15-10-4-5-11-16(15)23-19(24)17(14-8-2-1-3-9-14)18(20(23)25)22-12-6-7-13-22/h1-5,8-11H,6-7,12-13H2. The van der Waals surface area contributed by atoms with Gasteiger partial charge in [-0.1, -0.05) is 54.1 Å². The molecule has 2 amide bonds. The first-order valence-corrected chi connectivity index (χ1v) is 8.74. The summed E-state index contributed by atoms with van der Waals surface area (Å²) >= 11 is 6.26. The predicted octanol–water partition coefficient (Wildman–Crippen LogP) is 3.72. The minimum absolute atomic E-state index is 0.293. The van der Waals surface area contributed by atoms with Crippen LogP contribution in [0.1, 0.15) is 18.4 Å². The quantitative estimate of drug-likeness (QED) is 0.790. The number of hydrogen-bond donors (Lipinski definition) is 0. The first-order chi connectivity index (χ1) is 12.2. The summed E-state index contributed by atoms with van der Waals surface area (Å²) in [6.07, 6.45) is 2.05. The summed E-state index contributed by atoms with van der Waals surface area (Å²) in [5.74, 6) is -0.606. The van der Waals surface area contributed by atoms with E-state index < -0.39 is 0 Å². The minimum atomic E-state index is -0.314. The summed E-state index contributed by atoms with van der Waals surface area (Å²) in [5.41, 5.74) is 2.15. The van der Waals surface area contributed by atoms with Gasteiger partial charge in [0.1, 0.15) is 5.70 Å². The van der Waals surface area contributed by atoms with Crippen molar-refractivity contribution in [3.05, 3.63) is 70.9 Å². The normalized spacial score (nSPS) is 17.8. The molecule has 1 saturated heterocycles. The van der Waals surface area contributed by atoms with Gasteiger partial charge in [-0.25, -0.2) is 4.90 Å². The van der Waals surface area contributed by atoms with E-state index in [1.165, 1.54) is 4.90 Å². The second-order valence-corrected chi connectivity index (χ2v) is 6.59. The van der Waals surface area contributed by atoms with Crippen molar-refractivity contribution in [3.63, 3.8) is 0 Å². The maximum absolute atomic E-state index is 13.2. The third-order valence-electron chi connectivity index (χ3n) is 4.64. The lowest BCUT2D eigenvalue weighted by atomic mass is 10.0. The number of benzene rings is 2. The lowest BCUT2D eigenvalue weighted by molar-refractivity contribution is -0.120. The van der Waals surface area contributed by atoms with Crippen molar-refractivity contribution < 1.29 is 9.59 Å². The van der Waals surface area contributed by atoms with Crippen LogP contribution >= 0.6 is 11.6 Å². The van der Waals surface area contributed by atoms with Crippen LogP contribution in [-0.2, 0) is 9.59 Å². The summed E-state index contributed by atoms with van der Waals surface area (Å²) < 4.78 is 0. The highest BCUT2D eigenvalue weighted by molar-refractivity contribution is 6.47. The molecule has 0 N–H and O–H groups in total. The Hall–Kier alpha value is -2.59. The molecule has 4 nitrogen and oxygen atoms in total. The van der Waals surface area contributed by atoms with E-state index in [4.69, 9.17) is 11.6 Å². The van der Waals surface area contributed by atoms with Gasteiger partial charge in [-0.05, 0) is 30.5 Å². The molecule has 2 aliphatic heterocycles. The molecule has 2 aliphatic rings. The van der Waals surface area contributed by atoms with E-state index in [0.29, 0.717) is 22.0 Å². The Kier molecular flexibility index (Phi) is 4.06. The Bertz CT molecular complexity index is 870. The lowest BCUT2D eigenvalue weighted by Gasteiger charge is -2.20. The molecule has 1 fully saturated rings. The van der Waals surface area contributed by atoms with Crippen LogP contribution in [0.5, 0.6) is 0 Å². The van der Waals surface area contributed by atoms with Crippen LogP contribution in [0.25, 0.3) is 5.57 Å². The fraction of sp³-hybridized carbons (Fsp3) is 0.200. The van der Waals surface area contributed by atoms with E-state index in [-0.39, 0.29) is 11.8 Å². The summed E-state index contributed by atoms with van der Waals surface area (Å²) in [4.78, 5) is 29.6. The van der Waals surface area contributed by atoms with Crippen molar-refractivity contribution in [1.82, 2.24) is 4.90 Å². The molecule has 2 aromatic rings. The van der Waals surface area contributed by atoms with E-state index in [9.17, 15) is 9.59 Å². The minimum Gasteiger partial charge on any atom is -0.366 e. The van der Waals surface area contributed by atoms with Crippen molar-refractivity contribution >= 4 is 34.7 Å². The van der Waals surface area contributed by atoms with Gasteiger partial charge in [-0.2, -0.15) is 0 Å². The maximum Gasteiger partial charge on any atom is 0.282 e. The largest absolute Gasteiger partial charge is 0.366 e. The molecule has 25 heavy (non-hydrogen) atoms. The van der Waals surface area contributed by atoms with Crippen molar-refractivity contribution in [2.45, 2.75) is 12.8 Å². The highest BCUT2D eigenvalue weighted by atomic mass is 35.5. The fourth-order valence-corrected chi connectivity index (χ4v) is 3.69. The Morgan fingerprint density at radius 1 is 0.800 bits per heavy atom. The topological polar surface area (TPSA) is 40.6 Å². The number of halogens is 1. The Morgan fingerprint density at radius 2 is 1.44 bits per heavy atom. The average Bonchev–Trinajstić information content (AvgIpc) is 3.23. The summed E-state index contributed by atoms with van der Waals surface area (Å²) in [5, 5.41) is 0.388. The second kappa shape index (κ2) is 6.37. The second-order valence-electron chi connectivity index (χ2n) is 6.18. The smallest absolute Gasteiger partial charge is 0.282 e. The van der Waals surface area contributed by atoms with Crippen LogP contribution in [0.15, 0.2) is 60.3 Å². The van der Waals surface area contributed by atoms with Crippen molar-refractivity contribution in [2.75, 3.05) is 18.0 Å². The molecule has 0 radical (unpaired) electrons. The molecular formula is C20H17ClN2O2. The number of amides is 2.